The summed E-state index contributed by atoms with van der Waals surface area (Å²) in [5.74, 6) is -1.76. The Kier molecular flexibility index (Phi) is 3.38. The number of aliphatic imine (C=N–C) groups is 1. The van der Waals surface area contributed by atoms with E-state index < -0.39 is 17.9 Å². The van der Waals surface area contributed by atoms with Gasteiger partial charge in [-0.3, -0.25) is 4.79 Å². The first-order chi connectivity index (χ1) is 10.0. The number of aliphatic carboxylic acids is 1. The molecule has 1 N–H and O–H groups in total. The number of carbonyl (C=O) groups is 1. The van der Waals surface area contributed by atoms with Gasteiger partial charge in [0.25, 0.3) is 5.95 Å². The van der Waals surface area contributed by atoms with Gasteiger partial charge in [0, 0.05) is 21.3 Å². The summed E-state index contributed by atoms with van der Waals surface area (Å²) in [4.78, 5) is 15.8. The molecule has 0 saturated carbocycles. The van der Waals surface area contributed by atoms with Crippen LogP contribution in [-0.2, 0) is 4.79 Å². The van der Waals surface area contributed by atoms with Gasteiger partial charge in [-0.2, -0.15) is 0 Å². The number of halogens is 2. The molecule has 2 heterocycles. The van der Waals surface area contributed by atoms with E-state index in [1.54, 1.807) is 25.1 Å². The molecule has 3 rings (SSSR count). The standard InChI is InChI=1S/C12H9Cl2N5O2/c1-5-8(11(20)21)10(19-12(15-5)16-17-18-19)9-6(13)3-2-4-7(9)14/h2-4,8,10H,1H3,(H,20,21). The second kappa shape index (κ2) is 5.09. The highest BCUT2D eigenvalue weighted by atomic mass is 35.5. The molecule has 9 heteroatoms. The van der Waals surface area contributed by atoms with E-state index in [1.165, 1.54) is 4.68 Å². The molecule has 1 aliphatic heterocycles. The zero-order chi connectivity index (χ0) is 15.1. The molecule has 1 aromatic heterocycles. The molecule has 2 unspecified atom stereocenters. The van der Waals surface area contributed by atoms with E-state index in [2.05, 4.69) is 20.5 Å². The van der Waals surface area contributed by atoms with Crippen molar-refractivity contribution in [3.05, 3.63) is 33.8 Å². The van der Waals surface area contributed by atoms with Gasteiger partial charge in [-0.05, 0) is 29.5 Å². The minimum atomic E-state index is -1.04. The number of carboxylic acids is 1. The molecule has 1 aliphatic rings. The van der Waals surface area contributed by atoms with E-state index >= 15 is 0 Å². The maximum atomic E-state index is 11.7. The van der Waals surface area contributed by atoms with Crippen molar-refractivity contribution in [1.82, 2.24) is 20.2 Å². The zero-order valence-corrected chi connectivity index (χ0v) is 12.2. The van der Waals surface area contributed by atoms with Gasteiger partial charge < -0.3 is 5.11 Å². The third-order valence-corrected chi connectivity index (χ3v) is 4.00. The third-order valence-electron chi connectivity index (χ3n) is 3.34. The normalized spacial score (nSPS) is 20.8. The van der Waals surface area contributed by atoms with Crippen LogP contribution in [0.4, 0.5) is 5.95 Å². The number of fused-ring (bicyclic) bond motifs is 1. The second-order valence-electron chi connectivity index (χ2n) is 4.57. The lowest BCUT2D eigenvalue weighted by Gasteiger charge is -2.28. The number of aromatic nitrogens is 4. The van der Waals surface area contributed by atoms with Gasteiger partial charge in [-0.15, -0.1) is 0 Å². The van der Waals surface area contributed by atoms with Crippen LogP contribution < -0.4 is 0 Å². The van der Waals surface area contributed by atoms with E-state index in [-0.39, 0.29) is 5.95 Å². The quantitative estimate of drug-likeness (QED) is 0.914. The summed E-state index contributed by atoms with van der Waals surface area (Å²) in [6.07, 6.45) is 0. The first kappa shape index (κ1) is 14.0. The highest BCUT2D eigenvalue weighted by molar-refractivity contribution is 6.36. The molecule has 2 atom stereocenters. The third kappa shape index (κ3) is 2.18. The van der Waals surface area contributed by atoms with Crippen molar-refractivity contribution in [3.8, 4) is 0 Å². The van der Waals surface area contributed by atoms with E-state index in [1.807, 2.05) is 0 Å². The largest absolute Gasteiger partial charge is 0.481 e. The summed E-state index contributed by atoms with van der Waals surface area (Å²) >= 11 is 12.4. The van der Waals surface area contributed by atoms with Gasteiger partial charge in [-0.1, -0.05) is 34.4 Å². The average Bonchev–Trinajstić information content (AvgIpc) is 2.85. The summed E-state index contributed by atoms with van der Waals surface area (Å²) < 4.78 is 1.33. The van der Waals surface area contributed by atoms with Crippen LogP contribution >= 0.6 is 23.2 Å². The van der Waals surface area contributed by atoms with Crippen LogP contribution in [0.25, 0.3) is 0 Å². The van der Waals surface area contributed by atoms with Crippen molar-refractivity contribution in [1.29, 1.82) is 0 Å². The van der Waals surface area contributed by atoms with Crippen LogP contribution in [0.15, 0.2) is 23.2 Å². The fraction of sp³-hybridized carbons (Fsp3) is 0.250. The molecule has 0 fully saturated rings. The lowest BCUT2D eigenvalue weighted by molar-refractivity contribution is -0.140. The number of rotatable bonds is 2. The van der Waals surface area contributed by atoms with Crippen molar-refractivity contribution in [2.75, 3.05) is 0 Å². The Balaban J connectivity index is 2.27. The fourth-order valence-corrected chi connectivity index (χ4v) is 3.06. The summed E-state index contributed by atoms with van der Waals surface area (Å²) in [5.41, 5.74) is 0.863. The maximum Gasteiger partial charge on any atom is 0.314 e. The van der Waals surface area contributed by atoms with Crippen LogP contribution in [0.2, 0.25) is 10.0 Å². The Hall–Kier alpha value is -1.99. The van der Waals surface area contributed by atoms with E-state index in [0.717, 1.165) is 0 Å². The van der Waals surface area contributed by atoms with Crippen molar-refractivity contribution in [2.45, 2.75) is 13.0 Å². The molecule has 0 saturated heterocycles. The lowest BCUT2D eigenvalue weighted by Crippen LogP contribution is -2.36. The van der Waals surface area contributed by atoms with Crippen LogP contribution in [0.3, 0.4) is 0 Å². The fourth-order valence-electron chi connectivity index (χ4n) is 2.44. The molecule has 2 aromatic rings. The van der Waals surface area contributed by atoms with Crippen LogP contribution in [0.1, 0.15) is 18.5 Å². The number of nitrogens with zero attached hydrogens (tertiary/aromatic N) is 5. The molecule has 0 amide bonds. The molecule has 7 nitrogen and oxygen atoms in total. The topological polar surface area (TPSA) is 93.3 Å². The highest BCUT2D eigenvalue weighted by Crippen LogP contribution is 2.40. The first-order valence-electron chi connectivity index (χ1n) is 6.00. The maximum absolute atomic E-state index is 11.7. The predicted molar refractivity (Wildman–Crippen MR) is 76.3 cm³/mol. The van der Waals surface area contributed by atoms with E-state index in [9.17, 15) is 9.90 Å². The molecule has 21 heavy (non-hydrogen) atoms. The summed E-state index contributed by atoms with van der Waals surface area (Å²) in [6, 6.07) is 4.24. The Morgan fingerprint density at radius 1 is 1.33 bits per heavy atom. The molecule has 1 aromatic carbocycles. The number of tetrazole rings is 1. The number of hydrogen-bond donors (Lipinski definition) is 1. The minimum absolute atomic E-state index is 0.228. The Morgan fingerprint density at radius 3 is 2.62 bits per heavy atom. The lowest BCUT2D eigenvalue weighted by atomic mass is 9.88. The van der Waals surface area contributed by atoms with Gasteiger partial charge in [0.2, 0.25) is 0 Å². The SMILES string of the molecule is CC1=Nc2nnnn2C(c2c(Cl)cccc2Cl)C1C(=O)O. The van der Waals surface area contributed by atoms with Crippen molar-refractivity contribution >= 4 is 40.8 Å². The molecule has 108 valence electrons. The van der Waals surface area contributed by atoms with E-state index in [0.29, 0.717) is 21.3 Å². The van der Waals surface area contributed by atoms with Crippen LogP contribution in [-0.4, -0.2) is 37.0 Å². The van der Waals surface area contributed by atoms with Crippen LogP contribution in [0.5, 0.6) is 0 Å². The molecular weight excluding hydrogens is 317 g/mol. The minimum Gasteiger partial charge on any atom is -0.481 e. The van der Waals surface area contributed by atoms with Gasteiger partial charge in [0.05, 0.1) is 0 Å². The van der Waals surface area contributed by atoms with Gasteiger partial charge in [0.15, 0.2) is 0 Å². The molecule has 0 radical (unpaired) electrons. The predicted octanol–water partition coefficient (Wildman–Crippen LogP) is 2.38. The van der Waals surface area contributed by atoms with Crippen molar-refractivity contribution in [2.24, 2.45) is 10.9 Å². The number of benzene rings is 1. The Bertz CT molecular complexity index is 738. The van der Waals surface area contributed by atoms with Gasteiger partial charge in [0.1, 0.15) is 12.0 Å². The summed E-state index contributed by atoms with van der Waals surface area (Å²) in [7, 11) is 0. The summed E-state index contributed by atoms with van der Waals surface area (Å²) in [6.45, 7) is 1.62. The Morgan fingerprint density at radius 2 is 2.00 bits per heavy atom. The number of hydrogen-bond acceptors (Lipinski definition) is 5. The average molecular weight is 326 g/mol. The zero-order valence-electron chi connectivity index (χ0n) is 10.7. The van der Waals surface area contributed by atoms with Crippen molar-refractivity contribution < 1.29 is 9.90 Å². The monoisotopic (exact) mass is 325 g/mol. The molecule has 0 aliphatic carbocycles. The smallest absolute Gasteiger partial charge is 0.314 e. The molecular formula is C12H9Cl2N5O2. The van der Waals surface area contributed by atoms with Crippen LogP contribution in [0, 0.1) is 5.92 Å². The molecule has 0 bridgehead atoms. The van der Waals surface area contributed by atoms with Crippen molar-refractivity contribution in [3.63, 3.8) is 0 Å². The first-order valence-corrected chi connectivity index (χ1v) is 6.76. The second-order valence-corrected chi connectivity index (χ2v) is 5.39. The van der Waals surface area contributed by atoms with Gasteiger partial charge >= 0.3 is 5.97 Å². The molecule has 0 spiro atoms. The highest BCUT2D eigenvalue weighted by Gasteiger charge is 2.41. The summed E-state index contributed by atoms with van der Waals surface area (Å²) in [5, 5.41) is 21.4. The van der Waals surface area contributed by atoms with Gasteiger partial charge in [-0.25, -0.2) is 9.67 Å². The Labute approximate surface area is 129 Å². The van der Waals surface area contributed by atoms with E-state index in [4.69, 9.17) is 23.2 Å². The number of carboxylic acid groups (broad SMARTS) is 1.